The van der Waals surface area contributed by atoms with E-state index in [0.717, 1.165) is 12.5 Å². The molecular formula is C11H19N3. The van der Waals surface area contributed by atoms with Gasteiger partial charge in [0.25, 0.3) is 0 Å². The van der Waals surface area contributed by atoms with E-state index in [-0.39, 0.29) is 0 Å². The highest BCUT2D eigenvalue weighted by Crippen LogP contribution is 2.32. The fraction of sp³-hybridized carbons (Fsp3) is 0.727. The Bertz CT molecular complexity index is 288. The van der Waals surface area contributed by atoms with Crippen LogP contribution in [0.1, 0.15) is 37.8 Å². The van der Waals surface area contributed by atoms with Gasteiger partial charge in [-0.1, -0.05) is 12.8 Å². The minimum Gasteiger partial charge on any atom is -0.313 e. The van der Waals surface area contributed by atoms with Gasteiger partial charge in [0.1, 0.15) is 0 Å². The summed E-state index contributed by atoms with van der Waals surface area (Å²) >= 11 is 0. The number of nitrogens with zero attached hydrogens (tertiary/aromatic N) is 2. The molecule has 1 heterocycles. The molecule has 1 aliphatic rings. The Morgan fingerprint density at radius 1 is 1.64 bits per heavy atom. The molecule has 0 bridgehead atoms. The number of hydrogen-bond donors (Lipinski definition) is 1. The number of aryl methyl sites for hydroxylation is 1. The van der Waals surface area contributed by atoms with Crippen molar-refractivity contribution in [2.45, 2.75) is 38.8 Å². The normalized spacial score (nSPS) is 18.4. The van der Waals surface area contributed by atoms with E-state index in [0.29, 0.717) is 6.04 Å². The van der Waals surface area contributed by atoms with Crippen molar-refractivity contribution in [2.24, 2.45) is 5.92 Å². The average Bonchev–Trinajstić information content (AvgIpc) is 2.92. The molecule has 0 aromatic carbocycles. The molecule has 3 heteroatoms. The molecule has 1 aromatic rings. The predicted octanol–water partition coefficient (Wildman–Crippen LogP) is 1.96. The molecule has 14 heavy (non-hydrogen) atoms. The van der Waals surface area contributed by atoms with Crippen molar-refractivity contribution >= 4 is 0 Å². The Kier molecular flexibility index (Phi) is 2.87. The van der Waals surface area contributed by atoms with Crippen molar-refractivity contribution in [1.29, 1.82) is 0 Å². The molecule has 78 valence electrons. The molecule has 0 radical (unpaired) electrons. The van der Waals surface area contributed by atoms with E-state index in [2.05, 4.69) is 28.2 Å². The molecule has 1 unspecified atom stereocenters. The van der Waals surface area contributed by atoms with Crippen LogP contribution in [0, 0.1) is 5.92 Å². The summed E-state index contributed by atoms with van der Waals surface area (Å²) in [6.45, 7) is 3.24. The third kappa shape index (κ3) is 2.35. The second-order valence-electron chi connectivity index (χ2n) is 4.28. The van der Waals surface area contributed by atoms with Crippen LogP contribution in [0.4, 0.5) is 0 Å². The Labute approximate surface area is 85.5 Å². The van der Waals surface area contributed by atoms with Gasteiger partial charge >= 0.3 is 0 Å². The van der Waals surface area contributed by atoms with Gasteiger partial charge in [-0.05, 0) is 26.3 Å². The minimum atomic E-state index is 0.407. The van der Waals surface area contributed by atoms with Crippen LogP contribution in [0.3, 0.4) is 0 Å². The smallest absolute Gasteiger partial charge is 0.0537 e. The first-order valence-corrected chi connectivity index (χ1v) is 5.49. The van der Waals surface area contributed by atoms with Crippen molar-refractivity contribution in [1.82, 2.24) is 15.1 Å². The van der Waals surface area contributed by atoms with E-state index < -0.39 is 0 Å². The van der Waals surface area contributed by atoms with Crippen LogP contribution in [-0.2, 0) is 6.54 Å². The molecule has 0 aliphatic heterocycles. The number of hydrogen-bond acceptors (Lipinski definition) is 2. The molecular weight excluding hydrogens is 174 g/mol. The Morgan fingerprint density at radius 3 is 3.07 bits per heavy atom. The van der Waals surface area contributed by atoms with Gasteiger partial charge in [-0.2, -0.15) is 5.10 Å². The first-order chi connectivity index (χ1) is 6.79. The zero-order chi connectivity index (χ0) is 9.97. The summed E-state index contributed by atoms with van der Waals surface area (Å²) in [5.41, 5.74) is 1.28. The first-order valence-electron chi connectivity index (χ1n) is 5.49. The summed E-state index contributed by atoms with van der Waals surface area (Å²) in [7, 11) is 1.98. The Balaban J connectivity index is 1.87. The standard InChI is InChI=1S/C11H19N3/c1-9(12-2)11-7-13-14(8-11)6-5-10-3-4-10/h7-10,12H,3-6H2,1-2H3. The van der Waals surface area contributed by atoms with Gasteiger partial charge in [-0.25, -0.2) is 0 Å². The Hall–Kier alpha value is -0.830. The van der Waals surface area contributed by atoms with Crippen LogP contribution in [-0.4, -0.2) is 16.8 Å². The monoisotopic (exact) mass is 193 g/mol. The quantitative estimate of drug-likeness (QED) is 0.774. The molecule has 0 amide bonds. The fourth-order valence-electron chi connectivity index (χ4n) is 1.61. The lowest BCUT2D eigenvalue weighted by molar-refractivity contribution is 0.545. The zero-order valence-electron chi connectivity index (χ0n) is 9.03. The van der Waals surface area contributed by atoms with Crippen LogP contribution in [0.2, 0.25) is 0 Å². The SMILES string of the molecule is CNC(C)c1cnn(CCC2CC2)c1. The lowest BCUT2D eigenvalue weighted by Crippen LogP contribution is -2.11. The van der Waals surface area contributed by atoms with Gasteiger partial charge in [-0.3, -0.25) is 4.68 Å². The molecule has 3 nitrogen and oxygen atoms in total. The molecule has 1 aromatic heterocycles. The van der Waals surface area contributed by atoms with Crippen molar-refractivity contribution < 1.29 is 0 Å². The summed E-state index contributed by atoms with van der Waals surface area (Å²) < 4.78 is 2.07. The van der Waals surface area contributed by atoms with Crippen LogP contribution >= 0.6 is 0 Å². The summed E-state index contributed by atoms with van der Waals surface area (Å²) in [5, 5.41) is 7.58. The van der Waals surface area contributed by atoms with E-state index in [1.807, 2.05) is 13.2 Å². The second kappa shape index (κ2) is 4.13. The number of aromatic nitrogens is 2. The first kappa shape index (κ1) is 9.71. The van der Waals surface area contributed by atoms with Crippen LogP contribution in [0.15, 0.2) is 12.4 Å². The van der Waals surface area contributed by atoms with E-state index in [1.54, 1.807) is 0 Å². The van der Waals surface area contributed by atoms with Gasteiger partial charge in [-0.15, -0.1) is 0 Å². The minimum absolute atomic E-state index is 0.407. The molecule has 1 fully saturated rings. The maximum absolute atomic E-state index is 4.36. The van der Waals surface area contributed by atoms with Crippen molar-refractivity contribution in [3.8, 4) is 0 Å². The number of rotatable bonds is 5. The highest BCUT2D eigenvalue weighted by atomic mass is 15.3. The van der Waals surface area contributed by atoms with Gasteiger partial charge < -0.3 is 5.32 Å². The third-order valence-electron chi connectivity index (χ3n) is 3.05. The predicted molar refractivity (Wildman–Crippen MR) is 57.0 cm³/mol. The average molecular weight is 193 g/mol. The van der Waals surface area contributed by atoms with Gasteiger partial charge in [0.2, 0.25) is 0 Å². The molecule has 2 rings (SSSR count). The van der Waals surface area contributed by atoms with Crippen LogP contribution in [0.5, 0.6) is 0 Å². The lowest BCUT2D eigenvalue weighted by Gasteiger charge is -2.05. The van der Waals surface area contributed by atoms with Gasteiger partial charge in [0.15, 0.2) is 0 Å². The summed E-state index contributed by atoms with van der Waals surface area (Å²) in [4.78, 5) is 0. The Morgan fingerprint density at radius 2 is 2.43 bits per heavy atom. The van der Waals surface area contributed by atoms with Crippen molar-refractivity contribution in [2.75, 3.05) is 7.05 Å². The third-order valence-corrected chi connectivity index (χ3v) is 3.05. The molecule has 1 atom stereocenters. The van der Waals surface area contributed by atoms with Gasteiger partial charge in [0, 0.05) is 24.3 Å². The van der Waals surface area contributed by atoms with E-state index in [1.165, 1.54) is 24.8 Å². The summed E-state index contributed by atoms with van der Waals surface area (Å²) in [5.74, 6) is 0.990. The fourth-order valence-corrected chi connectivity index (χ4v) is 1.61. The van der Waals surface area contributed by atoms with Crippen LogP contribution < -0.4 is 5.32 Å². The van der Waals surface area contributed by atoms with Crippen molar-refractivity contribution in [3.63, 3.8) is 0 Å². The lowest BCUT2D eigenvalue weighted by atomic mass is 10.2. The maximum atomic E-state index is 4.36. The number of nitrogens with one attached hydrogen (secondary N) is 1. The maximum Gasteiger partial charge on any atom is 0.0537 e. The topological polar surface area (TPSA) is 29.9 Å². The van der Waals surface area contributed by atoms with Gasteiger partial charge in [0.05, 0.1) is 6.20 Å². The molecule has 1 N–H and O–H groups in total. The largest absolute Gasteiger partial charge is 0.313 e. The molecule has 1 saturated carbocycles. The molecule has 1 aliphatic carbocycles. The molecule has 0 spiro atoms. The second-order valence-corrected chi connectivity index (χ2v) is 4.28. The van der Waals surface area contributed by atoms with E-state index >= 15 is 0 Å². The van der Waals surface area contributed by atoms with E-state index in [9.17, 15) is 0 Å². The highest BCUT2D eigenvalue weighted by Gasteiger charge is 2.20. The highest BCUT2D eigenvalue weighted by molar-refractivity contribution is 5.08. The summed E-state index contributed by atoms with van der Waals surface area (Å²) in [6, 6.07) is 0.407. The van der Waals surface area contributed by atoms with E-state index in [4.69, 9.17) is 0 Å². The van der Waals surface area contributed by atoms with Crippen LogP contribution in [0.25, 0.3) is 0 Å². The van der Waals surface area contributed by atoms with Crippen molar-refractivity contribution in [3.05, 3.63) is 18.0 Å². The molecule has 0 saturated heterocycles. The summed E-state index contributed by atoms with van der Waals surface area (Å²) in [6.07, 6.45) is 8.29. The zero-order valence-corrected chi connectivity index (χ0v) is 9.03.